The zero-order valence-corrected chi connectivity index (χ0v) is 14.0. The highest BCUT2D eigenvalue weighted by atomic mass is 16.5. The second-order valence-electron chi connectivity index (χ2n) is 5.95. The number of carbonyl (C=O) groups excluding carboxylic acids is 2. The lowest BCUT2D eigenvalue weighted by Gasteiger charge is -2.23. The van der Waals surface area contributed by atoms with Crippen LogP contribution in [-0.2, 0) is 9.53 Å². The zero-order chi connectivity index (χ0) is 16.8. The number of esters is 1. The maximum absolute atomic E-state index is 12.3. The van der Waals surface area contributed by atoms with Crippen LogP contribution in [0.4, 0.5) is 4.79 Å². The van der Waals surface area contributed by atoms with Gasteiger partial charge in [-0.15, -0.1) is 0 Å². The number of hydrogen-bond donors (Lipinski definition) is 1. The van der Waals surface area contributed by atoms with Gasteiger partial charge < -0.3 is 19.5 Å². The van der Waals surface area contributed by atoms with Gasteiger partial charge in [0.15, 0.2) is 0 Å². The average molecular weight is 323 g/mol. The third kappa shape index (κ3) is 4.46. The Balaban J connectivity index is 1.90. The van der Waals surface area contributed by atoms with Crippen LogP contribution in [0, 0.1) is 0 Å². The van der Waals surface area contributed by atoms with Gasteiger partial charge in [-0.05, 0) is 19.8 Å². The highest BCUT2D eigenvalue weighted by Crippen LogP contribution is 2.32. The summed E-state index contributed by atoms with van der Waals surface area (Å²) in [4.78, 5) is 25.4. The number of nitrogens with one attached hydrogen (secondary N) is 1. The fourth-order valence-corrected chi connectivity index (χ4v) is 2.66. The minimum absolute atomic E-state index is 0.0613. The molecule has 7 nitrogen and oxygen atoms in total. The number of urea groups is 1. The van der Waals surface area contributed by atoms with Gasteiger partial charge in [0.05, 0.1) is 19.1 Å². The van der Waals surface area contributed by atoms with Crippen molar-refractivity contribution in [1.29, 1.82) is 0 Å². The Morgan fingerprint density at radius 3 is 2.96 bits per heavy atom. The van der Waals surface area contributed by atoms with Crippen molar-refractivity contribution in [2.75, 3.05) is 19.7 Å². The van der Waals surface area contributed by atoms with Crippen molar-refractivity contribution in [2.24, 2.45) is 0 Å². The molecular formula is C16H25N3O4. The molecule has 2 heterocycles. The molecule has 1 N–H and O–H groups in total. The Hall–Kier alpha value is -2.05. The maximum atomic E-state index is 12.3. The summed E-state index contributed by atoms with van der Waals surface area (Å²) < 4.78 is 10.2. The van der Waals surface area contributed by atoms with E-state index in [2.05, 4.69) is 10.5 Å². The molecule has 0 unspecified atom stereocenters. The Bertz CT molecular complexity index is 541. The first-order valence-corrected chi connectivity index (χ1v) is 8.19. The van der Waals surface area contributed by atoms with Crippen LogP contribution in [0.3, 0.4) is 0 Å². The molecular weight excluding hydrogens is 298 g/mol. The van der Waals surface area contributed by atoms with Gasteiger partial charge in [-0.2, -0.15) is 0 Å². The normalized spacial score (nSPS) is 17.6. The molecule has 0 spiro atoms. The van der Waals surface area contributed by atoms with E-state index < -0.39 is 0 Å². The molecule has 1 atom stereocenters. The number of carbonyl (C=O) groups is 2. The van der Waals surface area contributed by atoms with Gasteiger partial charge in [-0.3, -0.25) is 4.79 Å². The van der Waals surface area contributed by atoms with E-state index in [9.17, 15) is 9.59 Å². The number of ether oxygens (including phenoxy) is 1. The largest absolute Gasteiger partial charge is 0.466 e. The van der Waals surface area contributed by atoms with Crippen molar-refractivity contribution in [3.05, 3.63) is 17.5 Å². The molecule has 0 saturated carbocycles. The summed E-state index contributed by atoms with van der Waals surface area (Å²) in [6.45, 7) is 7.15. The van der Waals surface area contributed by atoms with Gasteiger partial charge in [-0.25, -0.2) is 4.79 Å². The molecule has 1 fully saturated rings. The number of amides is 2. The number of rotatable bonds is 6. The lowest BCUT2D eigenvalue weighted by atomic mass is 10.1. The molecule has 1 aromatic rings. The van der Waals surface area contributed by atoms with E-state index in [0.29, 0.717) is 13.2 Å². The third-order valence-corrected chi connectivity index (χ3v) is 3.88. The monoisotopic (exact) mass is 323 g/mol. The molecule has 1 aromatic heterocycles. The second kappa shape index (κ2) is 7.99. The van der Waals surface area contributed by atoms with Gasteiger partial charge in [0.25, 0.3) is 0 Å². The molecule has 1 aliphatic heterocycles. The lowest BCUT2D eigenvalue weighted by Crippen LogP contribution is -2.40. The summed E-state index contributed by atoms with van der Waals surface area (Å²) in [5.41, 5.74) is 0.798. The van der Waals surface area contributed by atoms with Crippen LogP contribution in [-0.4, -0.2) is 41.8 Å². The minimum Gasteiger partial charge on any atom is -0.466 e. The van der Waals surface area contributed by atoms with Crippen LogP contribution in [0.5, 0.6) is 0 Å². The second-order valence-corrected chi connectivity index (χ2v) is 5.95. The number of aromatic nitrogens is 1. The van der Waals surface area contributed by atoms with Crippen molar-refractivity contribution in [2.45, 2.75) is 52.0 Å². The topological polar surface area (TPSA) is 84.7 Å². The van der Waals surface area contributed by atoms with E-state index in [1.807, 2.05) is 19.9 Å². The van der Waals surface area contributed by atoms with Crippen LogP contribution >= 0.6 is 0 Å². The molecule has 1 saturated heterocycles. The van der Waals surface area contributed by atoms with Crippen LogP contribution in [0.15, 0.2) is 10.6 Å². The maximum Gasteiger partial charge on any atom is 0.317 e. The molecule has 1 aliphatic rings. The van der Waals surface area contributed by atoms with E-state index in [-0.39, 0.29) is 36.9 Å². The molecule has 7 heteroatoms. The van der Waals surface area contributed by atoms with E-state index in [0.717, 1.165) is 24.3 Å². The van der Waals surface area contributed by atoms with E-state index in [4.69, 9.17) is 9.26 Å². The average Bonchev–Trinajstić information content (AvgIpc) is 3.16. The molecule has 2 amide bonds. The zero-order valence-electron chi connectivity index (χ0n) is 14.0. The number of hydrogen-bond acceptors (Lipinski definition) is 5. The van der Waals surface area contributed by atoms with Crippen molar-refractivity contribution >= 4 is 12.0 Å². The van der Waals surface area contributed by atoms with Crippen LogP contribution in [0.25, 0.3) is 0 Å². The summed E-state index contributed by atoms with van der Waals surface area (Å²) in [5, 5.41) is 6.89. The predicted octanol–water partition coefficient (Wildman–Crippen LogP) is 2.60. The highest BCUT2D eigenvalue weighted by Gasteiger charge is 2.32. The smallest absolute Gasteiger partial charge is 0.317 e. The fourth-order valence-electron chi connectivity index (χ4n) is 2.66. The first-order valence-electron chi connectivity index (χ1n) is 8.19. The molecule has 0 radical (unpaired) electrons. The summed E-state index contributed by atoms with van der Waals surface area (Å²) in [7, 11) is 0. The SMILES string of the molecule is CCOC(=O)CCNC(=O)N1CCC[C@H]1c1cc(C(C)C)on1. The first kappa shape index (κ1) is 17.3. The molecule has 0 aromatic carbocycles. The summed E-state index contributed by atoms with van der Waals surface area (Å²) >= 11 is 0. The predicted molar refractivity (Wildman–Crippen MR) is 83.9 cm³/mol. The molecule has 128 valence electrons. The minimum atomic E-state index is -0.302. The quantitative estimate of drug-likeness (QED) is 0.813. The van der Waals surface area contributed by atoms with E-state index in [1.165, 1.54) is 0 Å². The molecule has 0 aliphatic carbocycles. The standard InChI is InChI=1S/C16H25N3O4/c1-4-22-15(20)7-8-17-16(21)19-9-5-6-13(19)12-10-14(11(2)3)23-18-12/h10-11,13H,4-9H2,1-3H3,(H,17,21)/t13-/m0/s1. The Morgan fingerprint density at radius 1 is 1.52 bits per heavy atom. The lowest BCUT2D eigenvalue weighted by molar-refractivity contribution is -0.142. The van der Waals surface area contributed by atoms with Gasteiger partial charge in [0.2, 0.25) is 0 Å². The van der Waals surface area contributed by atoms with Crippen LogP contribution in [0.1, 0.15) is 63.4 Å². The summed E-state index contributed by atoms with van der Waals surface area (Å²) in [6.07, 6.45) is 1.98. The van der Waals surface area contributed by atoms with Crippen molar-refractivity contribution < 1.29 is 18.8 Å². The summed E-state index contributed by atoms with van der Waals surface area (Å²) in [5.74, 6) is 0.794. The van der Waals surface area contributed by atoms with Gasteiger partial charge in [0, 0.05) is 25.1 Å². The van der Waals surface area contributed by atoms with Crippen molar-refractivity contribution in [3.63, 3.8) is 0 Å². The first-order chi connectivity index (χ1) is 11.0. The van der Waals surface area contributed by atoms with Gasteiger partial charge in [-0.1, -0.05) is 19.0 Å². The highest BCUT2D eigenvalue weighted by molar-refractivity contribution is 5.76. The van der Waals surface area contributed by atoms with Crippen molar-refractivity contribution in [3.8, 4) is 0 Å². The summed E-state index contributed by atoms with van der Waals surface area (Å²) in [6, 6.07) is 1.69. The van der Waals surface area contributed by atoms with Crippen LogP contribution < -0.4 is 5.32 Å². The Morgan fingerprint density at radius 2 is 2.30 bits per heavy atom. The van der Waals surface area contributed by atoms with Crippen molar-refractivity contribution in [1.82, 2.24) is 15.4 Å². The fraction of sp³-hybridized carbons (Fsp3) is 0.688. The molecule has 0 bridgehead atoms. The number of likely N-dealkylation sites (tertiary alicyclic amines) is 1. The van der Waals surface area contributed by atoms with E-state index >= 15 is 0 Å². The van der Waals surface area contributed by atoms with Gasteiger partial charge in [0.1, 0.15) is 11.5 Å². The molecule has 23 heavy (non-hydrogen) atoms. The van der Waals surface area contributed by atoms with E-state index in [1.54, 1.807) is 11.8 Å². The third-order valence-electron chi connectivity index (χ3n) is 3.88. The van der Waals surface area contributed by atoms with Crippen LogP contribution in [0.2, 0.25) is 0 Å². The number of nitrogens with zero attached hydrogens (tertiary/aromatic N) is 2. The van der Waals surface area contributed by atoms with Gasteiger partial charge >= 0.3 is 12.0 Å². The Kier molecular flexibility index (Phi) is 6.01. The Labute approximate surface area is 136 Å². The molecule has 2 rings (SSSR count).